The summed E-state index contributed by atoms with van der Waals surface area (Å²) in [6.07, 6.45) is 0. The van der Waals surface area contributed by atoms with Crippen LogP contribution in [-0.4, -0.2) is 4.98 Å². The minimum atomic E-state index is 0.513. The first-order valence-electron chi connectivity index (χ1n) is 6.00. The monoisotopic (exact) mass is 239 g/mol. The van der Waals surface area contributed by atoms with Gasteiger partial charge < -0.3 is 4.74 Å². The predicted molar refractivity (Wildman–Crippen MR) is 70.4 cm³/mol. The zero-order valence-corrected chi connectivity index (χ0v) is 10.2. The molecule has 3 aromatic rings. The Kier molecular flexibility index (Phi) is 2.73. The molecule has 0 aliphatic heterocycles. The first-order chi connectivity index (χ1) is 8.83. The smallest absolute Gasteiger partial charge is 0.291 e. The van der Waals surface area contributed by atoms with E-state index < -0.39 is 0 Å². The van der Waals surface area contributed by atoms with E-state index in [2.05, 4.69) is 9.97 Å². The number of aryl methyl sites for hydroxylation is 1. The van der Waals surface area contributed by atoms with Crippen LogP contribution in [0, 0.1) is 6.92 Å². The number of rotatable bonds is 3. The fourth-order valence-corrected chi connectivity index (χ4v) is 2.00. The van der Waals surface area contributed by atoms with Gasteiger partial charge in [-0.05, 0) is 30.7 Å². The number of fused-ring (bicyclic) bond motifs is 1. The van der Waals surface area contributed by atoms with Crippen LogP contribution in [0.4, 0.5) is 0 Å². The molecule has 1 heterocycles. The van der Waals surface area contributed by atoms with Gasteiger partial charge in [-0.1, -0.05) is 30.3 Å². The van der Waals surface area contributed by atoms with Crippen molar-refractivity contribution in [3.63, 3.8) is 0 Å². The Morgan fingerprint density at radius 3 is 2.67 bits per heavy atom. The van der Waals surface area contributed by atoms with Crippen molar-refractivity contribution >= 4 is 11.0 Å². The summed E-state index contributed by atoms with van der Waals surface area (Å²) in [7, 11) is 0. The zero-order chi connectivity index (χ0) is 12.4. The molecule has 3 rings (SSSR count). The summed E-state index contributed by atoms with van der Waals surface area (Å²) in [5.74, 6) is 1.89. The van der Waals surface area contributed by atoms with E-state index in [1.165, 1.54) is 0 Å². The van der Waals surface area contributed by atoms with Gasteiger partial charge in [-0.15, -0.1) is 0 Å². The van der Waals surface area contributed by atoms with Crippen LogP contribution >= 0.6 is 0 Å². The van der Waals surface area contributed by atoms with Crippen LogP contribution in [0.3, 0.4) is 0 Å². The molecule has 0 fully saturated rings. The maximum atomic E-state index is 5.79. The third kappa shape index (κ3) is 2.07. The Balaban J connectivity index is 1.79. The number of nitrogens with one attached hydrogen (secondary N) is 2. The van der Waals surface area contributed by atoms with Crippen molar-refractivity contribution in [1.29, 1.82) is 0 Å². The molecule has 0 aliphatic rings. The van der Waals surface area contributed by atoms with Gasteiger partial charge in [0.1, 0.15) is 5.75 Å². The predicted octanol–water partition coefficient (Wildman–Crippen LogP) is 2.87. The second-order valence-corrected chi connectivity index (χ2v) is 4.33. The highest BCUT2D eigenvalue weighted by Crippen LogP contribution is 2.17. The molecule has 0 amide bonds. The number of ether oxygens (including phenoxy) is 1. The van der Waals surface area contributed by atoms with Crippen LogP contribution in [-0.2, 0) is 6.61 Å². The fraction of sp³-hybridized carbons (Fsp3) is 0.133. The number of hydrogen-bond donors (Lipinski definition) is 1. The number of benzene rings is 2. The number of para-hydroxylation sites is 3. The lowest BCUT2D eigenvalue weighted by atomic mass is 10.2. The fourth-order valence-electron chi connectivity index (χ4n) is 2.00. The molecule has 2 N–H and O–H groups in total. The average molecular weight is 239 g/mol. The molecule has 90 valence electrons. The molecular weight excluding hydrogens is 224 g/mol. The summed E-state index contributed by atoms with van der Waals surface area (Å²) in [5, 5.41) is 0. The first kappa shape index (κ1) is 10.8. The molecule has 0 saturated carbocycles. The summed E-state index contributed by atoms with van der Waals surface area (Å²) in [6.45, 7) is 2.56. The van der Waals surface area contributed by atoms with E-state index in [4.69, 9.17) is 4.74 Å². The molecule has 3 nitrogen and oxygen atoms in total. The molecule has 3 heteroatoms. The number of H-pyrrole nitrogens is 2. The van der Waals surface area contributed by atoms with Crippen LogP contribution in [0.15, 0.2) is 48.5 Å². The summed E-state index contributed by atoms with van der Waals surface area (Å²) in [5.41, 5.74) is 3.34. The van der Waals surface area contributed by atoms with Crippen LogP contribution in [0.2, 0.25) is 0 Å². The van der Waals surface area contributed by atoms with E-state index in [-0.39, 0.29) is 0 Å². The van der Waals surface area contributed by atoms with Gasteiger partial charge >= 0.3 is 0 Å². The number of imidazole rings is 1. The average Bonchev–Trinajstić information content (AvgIpc) is 2.80. The number of aromatic amines is 2. The molecule has 0 bridgehead atoms. The molecule has 0 radical (unpaired) electrons. The normalized spacial score (nSPS) is 10.7. The molecule has 18 heavy (non-hydrogen) atoms. The highest BCUT2D eigenvalue weighted by Gasteiger charge is 2.09. The molecule has 2 aromatic carbocycles. The third-order valence-corrected chi connectivity index (χ3v) is 2.96. The van der Waals surface area contributed by atoms with Gasteiger partial charge in [0.2, 0.25) is 0 Å². The zero-order valence-electron chi connectivity index (χ0n) is 10.2. The topological polar surface area (TPSA) is 39.2 Å². The van der Waals surface area contributed by atoms with Crippen molar-refractivity contribution in [2.24, 2.45) is 0 Å². The van der Waals surface area contributed by atoms with Crippen LogP contribution in [0.5, 0.6) is 5.75 Å². The van der Waals surface area contributed by atoms with Crippen molar-refractivity contribution < 1.29 is 9.72 Å². The Morgan fingerprint density at radius 1 is 1.06 bits per heavy atom. The second kappa shape index (κ2) is 4.53. The van der Waals surface area contributed by atoms with Crippen molar-refractivity contribution in [2.75, 3.05) is 0 Å². The molecule has 0 saturated heterocycles. The summed E-state index contributed by atoms with van der Waals surface area (Å²) in [4.78, 5) is 6.61. The van der Waals surface area contributed by atoms with Gasteiger partial charge in [0, 0.05) is 0 Å². The van der Waals surface area contributed by atoms with Crippen LogP contribution in [0.25, 0.3) is 11.0 Å². The van der Waals surface area contributed by atoms with E-state index >= 15 is 0 Å². The standard InChI is InChI=1S/C15H14N2O/c1-11-6-2-5-9-14(11)18-10-15-16-12-7-3-4-8-13(12)17-15/h2-9H,10H2,1H3,(H,16,17)/p+1. The highest BCUT2D eigenvalue weighted by atomic mass is 16.5. The van der Waals surface area contributed by atoms with E-state index in [0.717, 1.165) is 28.2 Å². The molecule has 0 spiro atoms. The molecular formula is C15H15N2O+. The molecule has 0 atom stereocenters. The van der Waals surface area contributed by atoms with E-state index in [0.29, 0.717) is 6.61 Å². The van der Waals surface area contributed by atoms with Crippen LogP contribution in [0.1, 0.15) is 11.4 Å². The van der Waals surface area contributed by atoms with Crippen LogP contribution < -0.4 is 9.72 Å². The lowest BCUT2D eigenvalue weighted by molar-refractivity contribution is -0.362. The molecule has 1 aromatic heterocycles. The van der Waals surface area contributed by atoms with Gasteiger partial charge in [0.15, 0.2) is 17.6 Å². The van der Waals surface area contributed by atoms with Crippen molar-refractivity contribution in [1.82, 2.24) is 4.98 Å². The number of aromatic nitrogens is 2. The van der Waals surface area contributed by atoms with Crippen molar-refractivity contribution in [3.05, 3.63) is 59.9 Å². The largest absolute Gasteiger partial charge is 0.481 e. The van der Waals surface area contributed by atoms with Gasteiger partial charge in [0.05, 0.1) is 0 Å². The van der Waals surface area contributed by atoms with E-state index in [9.17, 15) is 0 Å². The number of hydrogen-bond acceptors (Lipinski definition) is 1. The summed E-state index contributed by atoms with van der Waals surface area (Å²) < 4.78 is 5.79. The van der Waals surface area contributed by atoms with Crippen molar-refractivity contribution in [2.45, 2.75) is 13.5 Å². The Hall–Kier alpha value is -2.29. The van der Waals surface area contributed by atoms with Gasteiger partial charge in [-0.3, -0.25) is 0 Å². The van der Waals surface area contributed by atoms with E-state index in [1.54, 1.807) is 0 Å². The van der Waals surface area contributed by atoms with Gasteiger partial charge in [-0.25, -0.2) is 9.97 Å². The lowest BCUT2D eigenvalue weighted by Crippen LogP contribution is -2.10. The summed E-state index contributed by atoms with van der Waals surface area (Å²) >= 11 is 0. The first-order valence-corrected chi connectivity index (χ1v) is 6.00. The third-order valence-electron chi connectivity index (χ3n) is 2.96. The van der Waals surface area contributed by atoms with Crippen molar-refractivity contribution in [3.8, 4) is 5.75 Å². The Labute approximate surface area is 105 Å². The quantitative estimate of drug-likeness (QED) is 0.750. The maximum Gasteiger partial charge on any atom is 0.291 e. The second-order valence-electron chi connectivity index (χ2n) is 4.33. The lowest BCUT2D eigenvalue weighted by Gasteiger charge is -2.04. The summed E-state index contributed by atoms with van der Waals surface area (Å²) in [6, 6.07) is 16.1. The van der Waals surface area contributed by atoms with E-state index in [1.807, 2.05) is 55.5 Å². The maximum absolute atomic E-state index is 5.79. The minimum Gasteiger partial charge on any atom is -0.481 e. The highest BCUT2D eigenvalue weighted by molar-refractivity contribution is 5.70. The minimum absolute atomic E-state index is 0.513. The van der Waals surface area contributed by atoms with Gasteiger partial charge in [0.25, 0.3) is 5.82 Å². The Bertz CT molecular complexity index is 640. The molecule has 0 unspecified atom stereocenters. The Morgan fingerprint density at radius 2 is 1.83 bits per heavy atom. The van der Waals surface area contributed by atoms with Gasteiger partial charge in [-0.2, -0.15) is 0 Å². The SMILES string of the molecule is Cc1ccccc1OCc1[nH]c2ccccc2[nH+]1. The molecule has 0 aliphatic carbocycles.